The smallest absolute Gasteiger partial charge is 0.0205 e. The van der Waals surface area contributed by atoms with Crippen molar-refractivity contribution < 1.29 is 0 Å². The molecule has 92 valence electrons. The molecule has 1 unspecified atom stereocenters. The molecule has 1 atom stereocenters. The summed E-state index contributed by atoms with van der Waals surface area (Å²) in [5.41, 5.74) is 2.97. The average molecular weight is 229 g/mol. The lowest BCUT2D eigenvalue weighted by Crippen LogP contribution is -2.21. The van der Waals surface area contributed by atoms with E-state index in [1.807, 2.05) is 0 Å². The number of benzene rings is 1. The summed E-state index contributed by atoms with van der Waals surface area (Å²) in [6.45, 7) is 4.58. The first-order valence-electron chi connectivity index (χ1n) is 7.12. The Morgan fingerprint density at radius 3 is 2.41 bits per heavy atom. The molecule has 2 aliphatic rings. The molecule has 1 aromatic carbocycles. The topological polar surface area (TPSA) is 12.0 Å². The van der Waals surface area contributed by atoms with Gasteiger partial charge in [0.15, 0.2) is 0 Å². The maximum Gasteiger partial charge on any atom is 0.0205 e. The summed E-state index contributed by atoms with van der Waals surface area (Å²) < 4.78 is 0. The molecule has 2 aliphatic carbocycles. The van der Waals surface area contributed by atoms with Crippen molar-refractivity contribution in [1.82, 2.24) is 5.32 Å². The third kappa shape index (κ3) is 3.10. The highest BCUT2D eigenvalue weighted by Crippen LogP contribution is 2.39. The van der Waals surface area contributed by atoms with Crippen molar-refractivity contribution in [2.24, 2.45) is 11.8 Å². The van der Waals surface area contributed by atoms with Crippen LogP contribution in [-0.2, 0) is 6.54 Å². The van der Waals surface area contributed by atoms with Gasteiger partial charge in [0, 0.05) is 6.54 Å². The van der Waals surface area contributed by atoms with E-state index in [0.717, 1.165) is 24.3 Å². The maximum atomic E-state index is 3.59. The number of hydrogen-bond donors (Lipinski definition) is 1. The van der Waals surface area contributed by atoms with Crippen LogP contribution in [-0.4, -0.2) is 6.54 Å². The Bertz CT molecular complexity index is 360. The summed E-state index contributed by atoms with van der Waals surface area (Å²) in [5.74, 6) is 2.76. The second kappa shape index (κ2) is 4.81. The highest BCUT2D eigenvalue weighted by atomic mass is 14.9. The fraction of sp³-hybridized carbons (Fsp3) is 0.625. The van der Waals surface area contributed by atoms with Gasteiger partial charge in [0.1, 0.15) is 0 Å². The van der Waals surface area contributed by atoms with Gasteiger partial charge >= 0.3 is 0 Å². The predicted octanol–water partition coefficient (Wildman–Crippen LogP) is 3.70. The van der Waals surface area contributed by atoms with Crippen LogP contribution in [0, 0.1) is 11.8 Å². The van der Waals surface area contributed by atoms with E-state index < -0.39 is 0 Å². The number of hydrogen-bond acceptors (Lipinski definition) is 1. The van der Waals surface area contributed by atoms with Crippen LogP contribution < -0.4 is 5.32 Å². The van der Waals surface area contributed by atoms with Gasteiger partial charge < -0.3 is 5.32 Å². The summed E-state index contributed by atoms with van der Waals surface area (Å²) in [6.07, 6.45) is 5.71. The molecule has 3 rings (SSSR count). The summed E-state index contributed by atoms with van der Waals surface area (Å²) in [7, 11) is 0. The van der Waals surface area contributed by atoms with Gasteiger partial charge in [-0.15, -0.1) is 0 Å². The third-order valence-corrected chi connectivity index (χ3v) is 4.25. The second-order valence-electron chi connectivity index (χ2n) is 5.96. The van der Waals surface area contributed by atoms with Gasteiger partial charge in [0.05, 0.1) is 0 Å². The standard InChI is InChI=1S/C16H23N/c1-12(14-6-7-14)10-17-11-13-2-4-15(5-3-13)16-8-9-16/h2-5,12,14,16-17H,6-11H2,1H3. The van der Waals surface area contributed by atoms with Gasteiger partial charge in [-0.3, -0.25) is 0 Å². The lowest BCUT2D eigenvalue weighted by atomic mass is 10.1. The molecule has 0 saturated heterocycles. The fourth-order valence-electron chi connectivity index (χ4n) is 2.60. The summed E-state index contributed by atoms with van der Waals surface area (Å²) >= 11 is 0. The summed E-state index contributed by atoms with van der Waals surface area (Å²) in [4.78, 5) is 0. The number of rotatable bonds is 6. The van der Waals surface area contributed by atoms with E-state index in [1.54, 1.807) is 5.56 Å². The molecule has 2 fully saturated rings. The van der Waals surface area contributed by atoms with Gasteiger partial charge in [-0.25, -0.2) is 0 Å². The highest BCUT2D eigenvalue weighted by Gasteiger charge is 2.27. The first-order valence-corrected chi connectivity index (χ1v) is 7.12. The van der Waals surface area contributed by atoms with E-state index in [0.29, 0.717) is 0 Å². The molecule has 1 aromatic rings. The van der Waals surface area contributed by atoms with Crippen molar-refractivity contribution in [2.75, 3.05) is 6.54 Å². The van der Waals surface area contributed by atoms with Crippen LogP contribution in [0.15, 0.2) is 24.3 Å². The second-order valence-corrected chi connectivity index (χ2v) is 5.96. The van der Waals surface area contributed by atoms with Gasteiger partial charge in [0.2, 0.25) is 0 Å². The van der Waals surface area contributed by atoms with Gasteiger partial charge in [-0.2, -0.15) is 0 Å². The molecule has 17 heavy (non-hydrogen) atoms. The molecular weight excluding hydrogens is 206 g/mol. The first kappa shape index (κ1) is 11.3. The molecule has 1 nitrogen and oxygen atoms in total. The first-order chi connectivity index (χ1) is 8.33. The minimum absolute atomic E-state index is 0.862. The van der Waals surface area contributed by atoms with E-state index >= 15 is 0 Å². The zero-order valence-corrected chi connectivity index (χ0v) is 10.8. The monoisotopic (exact) mass is 229 g/mol. The molecule has 0 amide bonds. The molecule has 2 saturated carbocycles. The highest BCUT2D eigenvalue weighted by molar-refractivity contribution is 5.27. The van der Waals surface area contributed by atoms with E-state index in [2.05, 4.69) is 36.5 Å². The summed E-state index contributed by atoms with van der Waals surface area (Å²) in [6, 6.07) is 9.23. The summed E-state index contributed by atoms with van der Waals surface area (Å²) in [5, 5.41) is 3.59. The molecule has 0 spiro atoms. The third-order valence-electron chi connectivity index (χ3n) is 4.25. The van der Waals surface area contributed by atoms with Crippen LogP contribution in [0.2, 0.25) is 0 Å². The molecule has 0 heterocycles. The molecule has 1 heteroatoms. The number of nitrogens with one attached hydrogen (secondary N) is 1. The van der Waals surface area contributed by atoms with E-state index in [4.69, 9.17) is 0 Å². The van der Waals surface area contributed by atoms with Crippen LogP contribution in [0.4, 0.5) is 0 Å². The maximum absolute atomic E-state index is 3.59. The Labute approximate surface area is 105 Å². The molecule has 1 N–H and O–H groups in total. The lowest BCUT2D eigenvalue weighted by molar-refractivity contribution is 0.461. The molecule has 0 radical (unpaired) electrons. The van der Waals surface area contributed by atoms with Crippen LogP contribution in [0.25, 0.3) is 0 Å². The van der Waals surface area contributed by atoms with Crippen molar-refractivity contribution in [2.45, 2.75) is 45.1 Å². The molecular formula is C16H23N. The average Bonchev–Trinajstić information content (AvgIpc) is 3.18. The molecule has 0 aromatic heterocycles. The van der Waals surface area contributed by atoms with Crippen molar-refractivity contribution in [3.8, 4) is 0 Å². The minimum Gasteiger partial charge on any atom is -0.312 e. The quantitative estimate of drug-likeness (QED) is 0.784. The van der Waals surface area contributed by atoms with Crippen LogP contribution in [0.1, 0.15) is 49.7 Å². The molecule has 0 bridgehead atoms. The Kier molecular flexibility index (Phi) is 3.19. The lowest BCUT2D eigenvalue weighted by Gasteiger charge is -2.11. The Hall–Kier alpha value is -0.820. The molecule has 0 aliphatic heterocycles. The van der Waals surface area contributed by atoms with Crippen LogP contribution in [0.3, 0.4) is 0 Å². The van der Waals surface area contributed by atoms with Gasteiger partial charge in [-0.1, -0.05) is 31.2 Å². The van der Waals surface area contributed by atoms with Crippen LogP contribution in [0.5, 0.6) is 0 Å². The van der Waals surface area contributed by atoms with Crippen molar-refractivity contribution >= 4 is 0 Å². The van der Waals surface area contributed by atoms with E-state index in [9.17, 15) is 0 Å². The normalized spacial score (nSPS) is 21.5. The zero-order chi connectivity index (χ0) is 11.7. The van der Waals surface area contributed by atoms with E-state index in [1.165, 1.54) is 37.8 Å². The van der Waals surface area contributed by atoms with Crippen molar-refractivity contribution in [1.29, 1.82) is 0 Å². The largest absolute Gasteiger partial charge is 0.312 e. The SMILES string of the molecule is CC(CNCc1ccc(C2CC2)cc1)C1CC1. The van der Waals surface area contributed by atoms with Crippen molar-refractivity contribution in [3.05, 3.63) is 35.4 Å². The zero-order valence-electron chi connectivity index (χ0n) is 10.8. The fourth-order valence-corrected chi connectivity index (χ4v) is 2.60. The predicted molar refractivity (Wildman–Crippen MR) is 72.0 cm³/mol. The van der Waals surface area contributed by atoms with Crippen LogP contribution >= 0.6 is 0 Å². The Morgan fingerprint density at radius 2 is 1.82 bits per heavy atom. The minimum atomic E-state index is 0.862. The van der Waals surface area contributed by atoms with E-state index in [-0.39, 0.29) is 0 Å². The Morgan fingerprint density at radius 1 is 1.12 bits per heavy atom. The van der Waals surface area contributed by atoms with Gasteiger partial charge in [-0.05, 0) is 61.1 Å². The van der Waals surface area contributed by atoms with Gasteiger partial charge in [0.25, 0.3) is 0 Å². The Balaban J connectivity index is 1.44. The van der Waals surface area contributed by atoms with Crippen molar-refractivity contribution in [3.63, 3.8) is 0 Å².